The van der Waals surface area contributed by atoms with Gasteiger partial charge in [0.25, 0.3) is 0 Å². The molecular formula is C17H17N3O4. The van der Waals surface area contributed by atoms with E-state index in [1.807, 2.05) is 6.92 Å². The van der Waals surface area contributed by atoms with Crippen molar-refractivity contribution in [1.82, 2.24) is 5.43 Å². The molecule has 0 saturated heterocycles. The highest BCUT2D eigenvalue weighted by molar-refractivity contribution is 6.39. The molecule has 3 N–H and O–H groups in total. The van der Waals surface area contributed by atoms with Crippen LogP contribution in [0.1, 0.15) is 12.5 Å². The van der Waals surface area contributed by atoms with Gasteiger partial charge in [0.15, 0.2) is 0 Å². The number of rotatable bonds is 5. The summed E-state index contributed by atoms with van der Waals surface area (Å²) >= 11 is 0. The van der Waals surface area contributed by atoms with Gasteiger partial charge in [-0.3, -0.25) is 9.59 Å². The molecule has 0 aliphatic heterocycles. The molecule has 0 heterocycles. The summed E-state index contributed by atoms with van der Waals surface area (Å²) in [6.45, 7) is 2.42. The molecule has 0 bridgehead atoms. The van der Waals surface area contributed by atoms with E-state index in [4.69, 9.17) is 9.84 Å². The average Bonchev–Trinajstić information content (AvgIpc) is 2.58. The fourth-order valence-electron chi connectivity index (χ4n) is 1.77. The molecule has 124 valence electrons. The van der Waals surface area contributed by atoms with Crippen LogP contribution in [0.15, 0.2) is 53.6 Å². The van der Waals surface area contributed by atoms with Gasteiger partial charge < -0.3 is 15.2 Å². The number of hydrazone groups is 1. The molecule has 0 spiro atoms. The smallest absolute Gasteiger partial charge is 0.329 e. The Labute approximate surface area is 139 Å². The van der Waals surface area contributed by atoms with Crippen LogP contribution < -0.4 is 15.5 Å². The predicted molar refractivity (Wildman–Crippen MR) is 90.1 cm³/mol. The largest absolute Gasteiger partial charge is 0.508 e. The number of hydrogen-bond acceptors (Lipinski definition) is 5. The molecule has 2 rings (SSSR count). The Kier molecular flexibility index (Phi) is 5.90. The van der Waals surface area contributed by atoms with Crippen molar-refractivity contribution in [2.45, 2.75) is 6.92 Å². The number of nitrogens with one attached hydrogen (secondary N) is 2. The van der Waals surface area contributed by atoms with Crippen molar-refractivity contribution < 1.29 is 19.4 Å². The number of phenols is 1. The number of carbonyl (C=O) groups excluding carboxylic acids is 2. The third-order valence-corrected chi connectivity index (χ3v) is 2.90. The zero-order valence-corrected chi connectivity index (χ0v) is 13.0. The van der Waals surface area contributed by atoms with Crippen LogP contribution in [-0.2, 0) is 9.59 Å². The Morgan fingerprint density at radius 1 is 1.08 bits per heavy atom. The van der Waals surface area contributed by atoms with Gasteiger partial charge in [0.2, 0.25) is 0 Å². The molecule has 0 aliphatic carbocycles. The Balaban J connectivity index is 1.85. The molecule has 7 nitrogen and oxygen atoms in total. The van der Waals surface area contributed by atoms with E-state index in [2.05, 4.69) is 15.8 Å². The maximum atomic E-state index is 11.7. The monoisotopic (exact) mass is 327 g/mol. The lowest BCUT2D eigenvalue weighted by Gasteiger charge is -2.06. The van der Waals surface area contributed by atoms with E-state index in [1.54, 1.807) is 36.4 Å². The number of ether oxygens (including phenoxy) is 1. The van der Waals surface area contributed by atoms with Crippen LogP contribution in [0.4, 0.5) is 5.69 Å². The van der Waals surface area contributed by atoms with E-state index < -0.39 is 11.8 Å². The molecule has 0 radical (unpaired) electrons. The van der Waals surface area contributed by atoms with Crippen LogP contribution in [0.5, 0.6) is 11.5 Å². The number of nitrogens with zero attached hydrogens (tertiary/aromatic N) is 1. The van der Waals surface area contributed by atoms with Crippen LogP contribution in [0.2, 0.25) is 0 Å². The fraction of sp³-hybridized carbons (Fsp3) is 0.118. The predicted octanol–water partition coefficient (Wildman–Crippen LogP) is 1.88. The van der Waals surface area contributed by atoms with Crippen LogP contribution >= 0.6 is 0 Å². The van der Waals surface area contributed by atoms with Gasteiger partial charge in [-0.25, -0.2) is 5.43 Å². The minimum atomic E-state index is -0.890. The molecule has 0 aromatic heterocycles. The van der Waals surface area contributed by atoms with E-state index in [-0.39, 0.29) is 5.75 Å². The average molecular weight is 327 g/mol. The quantitative estimate of drug-likeness (QED) is 0.443. The van der Waals surface area contributed by atoms with Gasteiger partial charge in [0.1, 0.15) is 11.5 Å². The minimum Gasteiger partial charge on any atom is -0.508 e. The van der Waals surface area contributed by atoms with Gasteiger partial charge in [-0.15, -0.1) is 0 Å². The lowest BCUT2D eigenvalue weighted by Crippen LogP contribution is -2.32. The molecule has 0 unspecified atom stereocenters. The van der Waals surface area contributed by atoms with Crippen molar-refractivity contribution >= 4 is 23.7 Å². The SMILES string of the molecule is CCOc1ccc(NC(=O)C(=O)N/N=C/c2ccc(O)cc2)cc1. The Morgan fingerprint density at radius 2 is 1.75 bits per heavy atom. The zero-order valence-electron chi connectivity index (χ0n) is 13.0. The number of aromatic hydroxyl groups is 1. The second kappa shape index (κ2) is 8.33. The molecule has 2 aromatic carbocycles. The topological polar surface area (TPSA) is 100 Å². The summed E-state index contributed by atoms with van der Waals surface area (Å²) in [5, 5.41) is 15.3. The normalized spacial score (nSPS) is 10.4. The van der Waals surface area contributed by atoms with Gasteiger partial charge in [0, 0.05) is 5.69 Å². The summed E-state index contributed by atoms with van der Waals surface area (Å²) < 4.78 is 5.29. The van der Waals surface area contributed by atoms with Crippen molar-refractivity contribution in [3.63, 3.8) is 0 Å². The van der Waals surface area contributed by atoms with Crippen LogP contribution in [0.25, 0.3) is 0 Å². The maximum Gasteiger partial charge on any atom is 0.329 e. The summed E-state index contributed by atoms with van der Waals surface area (Å²) in [4.78, 5) is 23.4. The summed E-state index contributed by atoms with van der Waals surface area (Å²) in [7, 11) is 0. The molecule has 24 heavy (non-hydrogen) atoms. The molecule has 2 aromatic rings. The third kappa shape index (κ3) is 5.13. The van der Waals surface area contributed by atoms with Crippen LogP contribution in [0, 0.1) is 0 Å². The van der Waals surface area contributed by atoms with E-state index in [0.717, 1.165) is 0 Å². The summed E-state index contributed by atoms with van der Waals surface area (Å²) in [6, 6.07) is 12.9. The Hall–Kier alpha value is -3.35. The number of anilines is 1. The number of amides is 2. The van der Waals surface area contributed by atoms with Gasteiger partial charge >= 0.3 is 11.8 Å². The second-order valence-electron chi connectivity index (χ2n) is 4.70. The highest BCUT2D eigenvalue weighted by Gasteiger charge is 2.12. The zero-order chi connectivity index (χ0) is 17.4. The standard InChI is InChI=1S/C17H17N3O4/c1-2-24-15-9-5-13(6-10-15)19-16(22)17(23)20-18-11-12-3-7-14(21)8-4-12/h3-11,21H,2H2,1H3,(H,19,22)(H,20,23)/b18-11+. The van der Waals surface area contributed by atoms with E-state index in [0.29, 0.717) is 23.6 Å². The summed E-state index contributed by atoms with van der Waals surface area (Å²) in [5.41, 5.74) is 3.27. The molecule has 0 aliphatic rings. The highest BCUT2D eigenvalue weighted by Crippen LogP contribution is 2.15. The third-order valence-electron chi connectivity index (χ3n) is 2.90. The fourth-order valence-corrected chi connectivity index (χ4v) is 1.77. The number of carbonyl (C=O) groups is 2. The van der Waals surface area contributed by atoms with Gasteiger partial charge in [-0.05, 0) is 61.0 Å². The first-order valence-corrected chi connectivity index (χ1v) is 7.24. The van der Waals surface area contributed by atoms with Gasteiger partial charge in [0.05, 0.1) is 12.8 Å². The number of benzene rings is 2. The molecule has 2 amide bonds. The highest BCUT2D eigenvalue weighted by atomic mass is 16.5. The van der Waals surface area contributed by atoms with E-state index >= 15 is 0 Å². The lowest BCUT2D eigenvalue weighted by molar-refractivity contribution is -0.136. The first-order valence-electron chi connectivity index (χ1n) is 7.24. The molecule has 0 saturated carbocycles. The Morgan fingerprint density at radius 3 is 2.38 bits per heavy atom. The van der Waals surface area contributed by atoms with E-state index in [9.17, 15) is 9.59 Å². The van der Waals surface area contributed by atoms with Crippen molar-refractivity contribution in [3.05, 3.63) is 54.1 Å². The summed E-state index contributed by atoms with van der Waals surface area (Å²) in [5.74, 6) is -0.912. The molecule has 0 fully saturated rings. The summed E-state index contributed by atoms with van der Waals surface area (Å²) in [6.07, 6.45) is 1.36. The van der Waals surface area contributed by atoms with Crippen LogP contribution in [-0.4, -0.2) is 29.7 Å². The molecule has 0 atom stereocenters. The number of hydrogen-bond donors (Lipinski definition) is 3. The van der Waals surface area contributed by atoms with Crippen molar-refractivity contribution in [1.29, 1.82) is 0 Å². The van der Waals surface area contributed by atoms with E-state index in [1.165, 1.54) is 18.3 Å². The maximum absolute atomic E-state index is 11.7. The van der Waals surface area contributed by atoms with Gasteiger partial charge in [-0.1, -0.05) is 0 Å². The van der Waals surface area contributed by atoms with Crippen molar-refractivity contribution in [2.75, 3.05) is 11.9 Å². The van der Waals surface area contributed by atoms with Crippen LogP contribution in [0.3, 0.4) is 0 Å². The minimum absolute atomic E-state index is 0.130. The van der Waals surface area contributed by atoms with Crippen molar-refractivity contribution in [3.8, 4) is 11.5 Å². The second-order valence-corrected chi connectivity index (χ2v) is 4.70. The number of phenolic OH excluding ortho intramolecular Hbond substituents is 1. The Bertz CT molecular complexity index is 725. The first kappa shape index (κ1) is 17.0. The molecule has 7 heteroatoms. The van der Waals surface area contributed by atoms with Gasteiger partial charge in [-0.2, -0.15) is 5.10 Å². The lowest BCUT2D eigenvalue weighted by atomic mass is 10.2. The van der Waals surface area contributed by atoms with Crippen molar-refractivity contribution in [2.24, 2.45) is 5.10 Å². The molecular weight excluding hydrogens is 310 g/mol. The first-order chi connectivity index (χ1) is 11.6.